The van der Waals surface area contributed by atoms with Crippen LogP contribution in [0.15, 0.2) is 30.3 Å². The van der Waals surface area contributed by atoms with E-state index in [1.807, 2.05) is 0 Å². The van der Waals surface area contributed by atoms with Crippen molar-refractivity contribution < 1.29 is 0 Å². The third-order valence-electron chi connectivity index (χ3n) is 5.24. The molecule has 2 heteroatoms. The highest BCUT2D eigenvalue weighted by Crippen LogP contribution is 2.36. The zero-order valence-electron chi connectivity index (χ0n) is 13.9. The summed E-state index contributed by atoms with van der Waals surface area (Å²) in [5, 5.41) is 0. The van der Waals surface area contributed by atoms with Crippen molar-refractivity contribution in [3.05, 3.63) is 35.9 Å². The number of likely N-dealkylation sites (N-methyl/N-ethyl adjacent to an activating group) is 1. The molecule has 1 aliphatic carbocycles. The van der Waals surface area contributed by atoms with Crippen LogP contribution in [0.1, 0.15) is 51.5 Å². The molecule has 0 aliphatic heterocycles. The maximum atomic E-state index is 6.22. The van der Waals surface area contributed by atoms with E-state index in [0.29, 0.717) is 0 Å². The Bertz CT molecular complexity index is 403. The first-order valence-electron chi connectivity index (χ1n) is 8.69. The topological polar surface area (TPSA) is 29.3 Å². The van der Waals surface area contributed by atoms with Crippen LogP contribution in [0.4, 0.5) is 0 Å². The highest BCUT2D eigenvalue weighted by molar-refractivity contribution is 5.14. The van der Waals surface area contributed by atoms with E-state index >= 15 is 0 Å². The predicted octanol–water partition coefficient (Wildman–Crippen LogP) is 3.85. The SMILES string of the molecule is CCN(CCCc1ccccc1)C1(CN)CCCC(C)C1. The fourth-order valence-corrected chi connectivity index (χ4v) is 4.08. The summed E-state index contributed by atoms with van der Waals surface area (Å²) in [5.74, 6) is 0.825. The molecule has 1 aromatic carbocycles. The Hall–Kier alpha value is -0.860. The van der Waals surface area contributed by atoms with Crippen LogP contribution in [0.2, 0.25) is 0 Å². The first-order valence-corrected chi connectivity index (χ1v) is 8.69. The molecular formula is C19H32N2. The lowest BCUT2D eigenvalue weighted by Crippen LogP contribution is -2.56. The van der Waals surface area contributed by atoms with Gasteiger partial charge in [-0.25, -0.2) is 0 Å². The van der Waals surface area contributed by atoms with E-state index in [-0.39, 0.29) is 5.54 Å². The molecule has 1 fully saturated rings. The van der Waals surface area contributed by atoms with Crippen LogP contribution in [-0.4, -0.2) is 30.1 Å². The lowest BCUT2D eigenvalue weighted by molar-refractivity contribution is 0.0424. The highest BCUT2D eigenvalue weighted by Gasteiger charge is 2.37. The summed E-state index contributed by atoms with van der Waals surface area (Å²) in [7, 11) is 0. The lowest BCUT2D eigenvalue weighted by Gasteiger charge is -2.47. The minimum atomic E-state index is 0.267. The molecule has 21 heavy (non-hydrogen) atoms. The molecule has 1 saturated carbocycles. The van der Waals surface area contributed by atoms with E-state index in [1.165, 1.54) is 50.6 Å². The van der Waals surface area contributed by atoms with Crippen LogP contribution in [0.5, 0.6) is 0 Å². The van der Waals surface area contributed by atoms with Gasteiger partial charge in [0.2, 0.25) is 0 Å². The number of nitrogens with zero attached hydrogens (tertiary/aromatic N) is 1. The number of benzene rings is 1. The minimum Gasteiger partial charge on any atom is -0.329 e. The second-order valence-electron chi connectivity index (χ2n) is 6.80. The molecule has 1 aromatic rings. The standard InChI is InChI=1S/C19H32N2/c1-3-21(14-8-12-18-10-5-4-6-11-18)19(16-20)13-7-9-17(2)15-19/h4-6,10-11,17H,3,7-9,12-16,20H2,1-2H3. The second-order valence-corrected chi connectivity index (χ2v) is 6.80. The lowest BCUT2D eigenvalue weighted by atomic mass is 9.75. The summed E-state index contributed by atoms with van der Waals surface area (Å²) in [6, 6.07) is 10.8. The van der Waals surface area contributed by atoms with Crippen molar-refractivity contribution >= 4 is 0 Å². The summed E-state index contributed by atoms with van der Waals surface area (Å²) in [4.78, 5) is 2.67. The van der Waals surface area contributed by atoms with Crippen molar-refractivity contribution in [2.75, 3.05) is 19.6 Å². The van der Waals surface area contributed by atoms with Crippen molar-refractivity contribution in [3.8, 4) is 0 Å². The molecule has 2 atom stereocenters. The number of hydrogen-bond acceptors (Lipinski definition) is 2. The molecule has 0 saturated heterocycles. The Morgan fingerprint density at radius 3 is 2.67 bits per heavy atom. The molecule has 0 bridgehead atoms. The van der Waals surface area contributed by atoms with Crippen LogP contribution < -0.4 is 5.73 Å². The maximum absolute atomic E-state index is 6.22. The van der Waals surface area contributed by atoms with Crippen LogP contribution in [0.25, 0.3) is 0 Å². The summed E-state index contributed by atoms with van der Waals surface area (Å²) >= 11 is 0. The van der Waals surface area contributed by atoms with Gasteiger partial charge < -0.3 is 5.73 Å². The molecular weight excluding hydrogens is 256 g/mol. The molecule has 0 heterocycles. The van der Waals surface area contributed by atoms with Gasteiger partial charge in [-0.2, -0.15) is 0 Å². The first-order chi connectivity index (χ1) is 10.2. The molecule has 1 aliphatic rings. The van der Waals surface area contributed by atoms with Gasteiger partial charge in [-0.05, 0) is 50.3 Å². The van der Waals surface area contributed by atoms with Crippen molar-refractivity contribution in [2.45, 2.75) is 57.9 Å². The van der Waals surface area contributed by atoms with Crippen molar-refractivity contribution in [3.63, 3.8) is 0 Å². The van der Waals surface area contributed by atoms with Crippen LogP contribution >= 0.6 is 0 Å². The summed E-state index contributed by atoms with van der Waals surface area (Å²) < 4.78 is 0. The molecule has 0 spiro atoms. The Balaban J connectivity index is 1.91. The Morgan fingerprint density at radius 1 is 1.29 bits per heavy atom. The quantitative estimate of drug-likeness (QED) is 0.826. The third kappa shape index (κ3) is 4.31. The van der Waals surface area contributed by atoms with Gasteiger partial charge in [0.05, 0.1) is 0 Å². The van der Waals surface area contributed by atoms with Crippen molar-refractivity contribution in [2.24, 2.45) is 11.7 Å². The largest absolute Gasteiger partial charge is 0.329 e. The van der Waals surface area contributed by atoms with Gasteiger partial charge in [-0.15, -0.1) is 0 Å². The average Bonchev–Trinajstić information content (AvgIpc) is 2.52. The Labute approximate surface area is 130 Å². The zero-order valence-corrected chi connectivity index (χ0v) is 13.9. The van der Waals surface area contributed by atoms with E-state index in [4.69, 9.17) is 5.73 Å². The predicted molar refractivity (Wildman–Crippen MR) is 91.4 cm³/mol. The van der Waals surface area contributed by atoms with Crippen LogP contribution in [-0.2, 0) is 6.42 Å². The first kappa shape index (κ1) is 16.5. The fraction of sp³-hybridized carbons (Fsp3) is 0.684. The zero-order chi connectivity index (χ0) is 15.1. The average molecular weight is 288 g/mol. The number of hydrogen-bond donors (Lipinski definition) is 1. The molecule has 2 unspecified atom stereocenters. The molecule has 0 amide bonds. The van der Waals surface area contributed by atoms with Crippen LogP contribution in [0.3, 0.4) is 0 Å². The molecule has 2 nitrogen and oxygen atoms in total. The minimum absolute atomic E-state index is 0.267. The van der Waals surface area contributed by atoms with E-state index in [2.05, 4.69) is 49.1 Å². The number of nitrogens with two attached hydrogens (primary N) is 1. The summed E-state index contributed by atoms with van der Waals surface area (Å²) in [6.45, 7) is 7.80. The monoisotopic (exact) mass is 288 g/mol. The van der Waals surface area contributed by atoms with Gasteiger partial charge in [0.1, 0.15) is 0 Å². The van der Waals surface area contributed by atoms with Crippen molar-refractivity contribution in [1.82, 2.24) is 4.90 Å². The maximum Gasteiger partial charge on any atom is 0.0334 e. The van der Waals surface area contributed by atoms with Gasteiger partial charge in [0.25, 0.3) is 0 Å². The second kappa shape index (κ2) is 7.95. The van der Waals surface area contributed by atoms with Gasteiger partial charge in [0.15, 0.2) is 0 Å². The summed E-state index contributed by atoms with van der Waals surface area (Å²) in [5.41, 5.74) is 7.94. The molecule has 0 radical (unpaired) electrons. The summed E-state index contributed by atoms with van der Waals surface area (Å²) in [6.07, 6.45) is 7.69. The van der Waals surface area contributed by atoms with Gasteiger partial charge in [-0.1, -0.05) is 57.0 Å². The molecule has 2 rings (SSSR count). The van der Waals surface area contributed by atoms with E-state index in [1.54, 1.807) is 0 Å². The van der Waals surface area contributed by atoms with E-state index in [0.717, 1.165) is 19.0 Å². The van der Waals surface area contributed by atoms with Gasteiger partial charge in [0, 0.05) is 12.1 Å². The number of aryl methyl sites for hydroxylation is 1. The van der Waals surface area contributed by atoms with Crippen molar-refractivity contribution in [1.29, 1.82) is 0 Å². The smallest absolute Gasteiger partial charge is 0.0334 e. The third-order valence-corrected chi connectivity index (χ3v) is 5.24. The van der Waals surface area contributed by atoms with E-state index in [9.17, 15) is 0 Å². The highest BCUT2D eigenvalue weighted by atomic mass is 15.2. The Kier molecular flexibility index (Phi) is 6.25. The molecule has 0 aromatic heterocycles. The van der Waals surface area contributed by atoms with Crippen LogP contribution in [0, 0.1) is 5.92 Å². The molecule has 2 N–H and O–H groups in total. The Morgan fingerprint density at radius 2 is 2.05 bits per heavy atom. The van der Waals surface area contributed by atoms with E-state index < -0.39 is 0 Å². The fourth-order valence-electron chi connectivity index (χ4n) is 4.08. The van der Waals surface area contributed by atoms with Gasteiger partial charge in [-0.3, -0.25) is 4.90 Å². The normalized spacial score (nSPS) is 26.2. The molecule has 118 valence electrons. The van der Waals surface area contributed by atoms with Gasteiger partial charge >= 0.3 is 0 Å². The number of rotatable bonds is 7.